The zero-order valence-corrected chi connectivity index (χ0v) is 15.1. The van der Waals surface area contributed by atoms with Crippen molar-refractivity contribution < 1.29 is 9.53 Å². The monoisotopic (exact) mass is 363 g/mol. The summed E-state index contributed by atoms with van der Waals surface area (Å²) in [4.78, 5) is 14.2. The van der Waals surface area contributed by atoms with Gasteiger partial charge in [-0.15, -0.1) is 24.8 Å². The number of nitrogens with one attached hydrogen (secondary N) is 1. The molecule has 0 saturated carbocycles. The van der Waals surface area contributed by atoms with Gasteiger partial charge >= 0.3 is 0 Å². The van der Waals surface area contributed by atoms with Crippen molar-refractivity contribution in [2.45, 2.75) is 32.5 Å². The molecule has 3 N–H and O–H groups in total. The standard InChI is InChI=1S/C16H25N3O2.2ClH/c1-2-15(17)16(20)18-11-13-5-3-4-6-14(13)12-19-7-9-21-10-8-19;;/h3-6,15H,2,7-12,17H2,1H3,(H,18,20);2*1H/t15-;;/m0../s1. The van der Waals surface area contributed by atoms with Gasteiger partial charge in [0, 0.05) is 26.2 Å². The molecule has 2 rings (SSSR count). The minimum Gasteiger partial charge on any atom is -0.379 e. The Labute approximate surface area is 150 Å². The molecule has 0 aromatic heterocycles. The number of nitrogens with zero attached hydrogens (tertiary/aromatic N) is 1. The van der Waals surface area contributed by atoms with Crippen LogP contribution >= 0.6 is 24.8 Å². The predicted octanol–water partition coefficient (Wildman–Crippen LogP) is 1.72. The van der Waals surface area contributed by atoms with Crippen LogP contribution in [-0.4, -0.2) is 43.2 Å². The average molecular weight is 364 g/mol. The van der Waals surface area contributed by atoms with Gasteiger partial charge in [-0.3, -0.25) is 9.69 Å². The van der Waals surface area contributed by atoms with E-state index in [2.05, 4.69) is 22.3 Å². The van der Waals surface area contributed by atoms with E-state index >= 15 is 0 Å². The van der Waals surface area contributed by atoms with E-state index in [1.165, 1.54) is 5.56 Å². The molecule has 0 aliphatic carbocycles. The predicted molar refractivity (Wildman–Crippen MR) is 97.1 cm³/mol. The van der Waals surface area contributed by atoms with Crippen molar-refractivity contribution in [3.05, 3.63) is 35.4 Å². The van der Waals surface area contributed by atoms with Crippen LogP contribution < -0.4 is 11.1 Å². The summed E-state index contributed by atoms with van der Waals surface area (Å²) in [5.41, 5.74) is 8.14. The van der Waals surface area contributed by atoms with Gasteiger partial charge in [-0.05, 0) is 17.5 Å². The van der Waals surface area contributed by atoms with Gasteiger partial charge in [0.05, 0.1) is 19.3 Å². The van der Waals surface area contributed by atoms with Crippen molar-refractivity contribution in [2.75, 3.05) is 26.3 Å². The summed E-state index contributed by atoms with van der Waals surface area (Å²) in [5, 5.41) is 2.92. The molecule has 1 saturated heterocycles. The van der Waals surface area contributed by atoms with E-state index in [1.807, 2.05) is 19.1 Å². The molecule has 7 heteroatoms. The molecule has 1 aliphatic rings. The number of benzene rings is 1. The Morgan fingerprint density at radius 1 is 1.26 bits per heavy atom. The second kappa shape index (κ2) is 11.6. The molecule has 1 fully saturated rings. The Balaban J connectivity index is 0.00000242. The van der Waals surface area contributed by atoms with E-state index in [0.717, 1.165) is 38.4 Å². The summed E-state index contributed by atoms with van der Waals surface area (Å²) < 4.78 is 5.37. The van der Waals surface area contributed by atoms with Gasteiger partial charge in [0.1, 0.15) is 0 Å². The van der Waals surface area contributed by atoms with Crippen molar-refractivity contribution in [2.24, 2.45) is 5.73 Å². The average Bonchev–Trinajstić information content (AvgIpc) is 2.54. The second-order valence-electron chi connectivity index (χ2n) is 5.39. The van der Waals surface area contributed by atoms with Gasteiger partial charge in [-0.25, -0.2) is 0 Å². The fourth-order valence-corrected chi connectivity index (χ4v) is 2.38. The largest absolute Gasteiger partial charge is 0.379 e. The fraction of sp³-hybridized carbons (Fsp3) is 0.562. The van der Waals surface area contributed by atoms with E-state index in [0.29, 0.717) is 13.0 Å². The first kappa shape index (κ1) is 22.1. The number of amides is 1. The SMILES string of the molecule is CC[C@H](N)C(=O)NCc1ccccc1CN1CCOCC1.Cl.Cl. The molecule has 1 atom stereocenters. The van der Waals surface area contributed by atoms with Crippen LogP contribution in [0.4, 0.5) is 0 Å². The summed E-state index contributed by atoms with van der Waals surface area (Å²) in [6.45, 7) is 6.86. The number of halogens is 2. The zero-order chi connectivity index (χ0) is 15.1. The Hall–Kier alpha value is -0.850. The minimum atomic E-state index is -0.420. The molecule has 0 radical (unpaired) electrons. The summed E-state index contributed by atoms with van der Waals surface area (Å²) in [5.74, 6) is -0.0846. The molecular weight excluding hydrogens is 337 g/mol. The highest BCUT2D eigenvalue weighted by Gasteiger charge is 2.14. The van der Waals surface area contributed by atoms with Gasteiger partial charge in [0.25, 0.3) is 0 Å². The van der Waals surface area contributed by atoms with Crippen LogP contribution in [0, 0.1) is 0 Å². The summed E-state index contributed by atoms with van der Waals surface area (Å²) in [7, 11) is 0. The van der Waals surface area contributed by atoms with Crippen LogP contribution in [0.5, 0.6) is 0 Å². The maximum atomic E-state index is 11.8. The summed E-state index contributed by atoms with van der Waals surface area (Å²) in [6, 6.07) is 7.81. The first-order chi connectivity index (χ1) is 10.2. The first-order valence-corrected chi connectivity index (χ1v) is 7.61. The summed E-state index contributed by atoms with van der Waals surface area (Å²) in [6.07, 6.45) is 0.654. The quantitative estimate of drug-likeness (QED) is 0.807. The topological polar surface area (TPSA) is 67.6 Å². The number of nitrogens with two attached hydrogens (primary N) is 1. The van der Waals surface area contributed by atoms with Gasteiger partial charge in [-0.1, -0.05) is 31.2 Å². The summed E-state index contributed by atoms with van der Waals surface area (Å²) >= 11 is 0. The lowest BCUT2D eigenvalue weighted by molar-refractivity contribution is -0.122. The third-order valence-corrected chi connectivity index (χ3v) is 3.85. The Morgan fingerprint density at radius 2 is 1.87 bits per heavy atom. The number of ether oxygens (including phenoxy) is 1. The van der Waals surface area contributed by atoms with Crippen LogP contribution in [0.25, 0.3) is 0 Å². The number of hydrogen-bond donors (Lipinski definition) is 2. The number of rotatable bonds is 6. The molecule has 1 aliphatic heterocycles. The van der Waals surface area contributed by atoms with Crippen LogP contribution in [0.2, 0.25) is 0 Å². The van der Waals surface area contributed by atoms with Gasteiger partial charge in [0.15, 0.2) is 0 Å². The number of carbonyl (C=O) groups is 1. The number of carbonyl (C=O) groups excluding carboxylic acids is 1. The van der Waals surface area contributed by atoms with Crippen molar-refractivity contribution >= 4 is 30.7 Å². The lowest BCUT2D eigenvalue weighted by atomic mass is 10.1. The lowest BCUT2D eigenvalue weighted by Gasteiger charge is -2.27. The molecule has 0 spiro atoms. The van der Waals surface area contributed by atoms with E-state index in [1.54, 1.807) is 0 Å². The highest BCUT2D eigenvalue weighted by molar-refractivity contribution is 5.85. The molecule has 5 nitrogen and oxygen atoms in total. The van der Waals surface area contributed by atoms with Crippen molar-refractivity contribution in [3.63, 3.8) is 0 Å². The number of hydrogen-bond acceptors (Lipinski definition) is 4. The van der Waals surface area contributed by atoms with Crippen LogP contribution in [0.1, 0.15) is 24.5 Å². The zero-order valence-electron chi connectivity index (χ0n) is 13.5. The molecule has 1 aromatic carbocycles. The highest BCUT2D eigenvalue weighted by Crippen LogP contribution is 2.13. The Morgan fingerprint density at radius 3 is 2.48 bits per heavy atom. The smallest absolute Gasteiger partial charge is 0.237 e. The Kier molecular flexibility index (Phi) is 11.2. The normalized spacial score (nSPS) is 15.9. The molecular formula is C16H27Cl2N3O2. The maximum absolute atomic E-state index is 11.8. The van der Waals surface area contributed by atoms with Crippen molar-refractivity contribution in [3.8, 4) is 0 Å². The van der Waals surface area contributed by atoms with Crippen LogP contribution in [0.15, 0.2) is 24.3 Å². The highest BCUT2D eigenvalue weighted by atomic mass is 35.5. The molecule has 23 heavy (non-hydrogen) atoms. The first-order valence-electron chi connectivity index (χ1n) is 7.61. The lowest BCUT2D eigenvalue weighted by Crippen LogP contribution is -2.40. The van der Waals surface area contributed by atoms with E-state index in [9.17, 15) is 4.79 Å². The minimum absolute atomic E-state index is 0. The fourth-order valence-electron chi connectivity index (χ4n) is 2.38. The van der Waals surface area contributed by atoms with E-state index in [-0.39, 0.29) is 30.7 Å². The Bertz CT molecular complexity index is 468. The molecule has 1 heterocycles. The van der Waals surface area contributed by atoms with Gasteiger partial charge in [-0.2, -0.15) is 0 Å². The van der Waals surface area contributed by atoms with E-state index < -0.39 is 6.04 Å². The van der Waals surface area contributed by atoms with Crippen LogP contribution in [0.3, 0.4) is 0 Å². The number of morpholine rings is 1. The van der Waals surface area contributed by atoms with Gasteiger partial charge in [0.2, 0.25) is 5.91 Å². The third kappa shape index (κ3) is 7.06. The van der Waals surface area contributed by atoms with Crippen molar-refractivity contribution in [1.82, 2.24) is 10.2 Å². The van der Waals surface area contributed by atoms with E-state index in [4.69, 9.17) is 10.5 Å². The van der Waals surface area contributed by atoms with Crippen LogP contribution in [-0.2, 0) is 22.6 Å². The molecule has 0 bridgehead atoms. The second-order valence-corrected chi connectivity index (χ2v) is 5.39. The van der Waals surface area contributed by atoms with Crippen molar-refractivity contribution in [1.29, 1.82) is 0 Å². The molecule has 0 unspecified atom stereocenters. The molecule has 1 aromatic rings. The molecule has 1 amide bonds. The maximum Gasteiger partial charge on any atom is 0.237 e. The molecule has 132 valence electrons. The third-order valence-electron chi connectivity index (χ3n) is 3.85. The van der Waals surface area contributed by atoms with Gasteiger partial charge < -0.3 is 15.8 Å².